The first kappa shape index (κ1) is 14.7. The molecule has 1 aliphatic rings. The first-order valence-electron chi connectivity index (χ1n) is 7.24. The molecular weight excluding hydrogens is 258 g/mol. The van der Waals surface area contributed by atoms with Gasteiger partial charge in [-0.3, -0.25) is 0 Å². The van der Waals surface area contributed by atoms with Gasteiger partial charge in [-0.05, 0) is 43.4 Å². The van der Waals surface area contributed by atoms with Crippen LogP contribution >= 0.6 is 11.6 Å². The Bertz CT molecular complexity index is 421. The maximum Gasteiger partial charge on any atom is 0.122 e. The molecule has 1 aromatic carbocycles. The number of methoxy groups -OCH3 is 1. The third kappa shape index (κ3) is 3.43. The minimum Gasteiger partial charge on any atom is -0.496 e. The SMILES string of the molecule is CCCC1CCC(N)C(c2cc(Cl)ccc2OC)C1. The lowest BCUT2D eigenvalue weighted by molar-refractivity contribution is 0.269. The molecule has 1 saturated carbocycles. The Kier molecular flexibility index (Phi) is 5.12. The van der Waals surface area contributed by atoms with Crippen molar-refractivity contribution < 1.29 is 4.74 Å². The highest BCUT2D eigenvalue weighted by Crippen LogP contribution is 2.41. The van der Waals surface area contributed by atoms with E-state index in [0.717, 1.165) is 29.5 Å². The summed E-state index contributed by atoms with van der Waals surface area (Å²) in [4.78, 5) is 0. The molecule has 0 bridgehead atoms. The third-order valence-corrected chi connectivity index (χ3v) is 4.54. The molecule has 2 rings (SSSR count). The summed E-state index contributed by atoms with van der Waals surface area (Å²) in [5.74, 6) is 2.08. The van der Waals surface area contributed by atoms with Gasteiger partial charge < -0.3 is 10.5 Å². The van der Waals surface area contributed by atoms with E-state index in [2.05, 4.69) is 6.92 Å². The van der Waals surface area contributed by atoms with Gasteiger partial charge in [0.25, 0.3) is 0 Å². The van der Waals surface area contributed by atoms with E-state index in [9.17, 15) is 0 Å². The normalized spacial score (nSPS) is 27.3. The number of hydrogen-bond donors (Lipinski definition) is 1. The predicted molar refractivity (Wildman–Crippen MR) is 81.0 cm³/mol. The molecule has 1 aliphatic carbocycles. The molecule has 19 heavy (non-hydrogen) atoms. The molecule has 0 amide bonds. The lowest BCUT2D eigenvalue weighted by Gasteiger charge is -2.35. The van der Waals surface area contributed by atoms with Gasteiger partial charge in [-0.2, -0.15) is 0 Å². The van der Waals surface area contributed by atoms with Gasteiger partial charge in [-0.1, -0.05) is 31.4 Å². The average molecular weight is 282 g/mol. The number of rotatable bonds is 4. The Morgan fingerprint density at radius 3 is 2.84 bits per heavy atom. The predicted octanol–water partition coefficient (Wildman–Crippen LogP) is 4.36. The summed E-state index contributed by atoms with van der Waals surface area (Å²) in [7, 11) is 1.71. The maximum atomic E-state index is 6.34. The lowest BCUT2D eigenvalue weighted by atomic mass is 9.73. The van der Waals surface area contributed by atoms with Crippen LogP contribution in [0.25, 0.3) is 0 Å². The second-order valence-electron chi connectivity index (χ2n) is 5.62. The largest absolute Gasteiger partial charge is 0.496 e. The van der Waals surface area contributed by atoms with E-state index in [1.165, 1.54) is 24.8 Å². The van der Waals surface area contributed by atoms with E-state index in [-0.39, 0.29) is 6.04 Å². The first-order valence-corrected chi connectivity index (χ1v) is 7.62. The van der Waals surface area contributed by atoms with Crippen LogP contribution < -0.4 is 10.5 Å². The molecule has 0 heterocycles. The molecule has 1 fully saturated rings. The molecule has 2 nitrogen and oxygen atoms in total. The Balaban J connectivity index is 2.25. The van der Waals surface area contributed by atoms with Gasteiger partial charge in [-0.25, -0.2) is 0 Å². The molecular formula is C16H24ClNO. The van der Waals surface area contributed by atoms with Crippen LogP contribution in [-0.2, 0) is 0 Å². The average Bonchev–Trinajstić information content (AvgIpc) is 2.41. The third-order valence-electron chi connectivity index (χ3n) is 4.30. The van der Waals surface area contributed by atoms with Gasteiger partial charge in [0.1, 0.15) is 5.75 Å². The van der Waals surface area contributed by atoms with Gasteiger partial charge in [0.15, 0.2) is 0 Å². The topological polar surface area (TPSA) is 35.2 Å². The highest BCUT2D eigenvalue weighted by molar-refractivity contribution is 6.30. The molecule has 0 saturated heterocycles. The minimum absolute atomic E-state index is 0.223. The van der Waals surface area contributed by atoms with E-state index in [1.54, 1.807) is 7.11 Å². The summed E-state index contributed by atoms with van der Waals surface area (Å²) in [6.45, 7) is 2.25. The highest BCUT2D eigenvalue weighted by Gasteiger charge is 2.30. The summed E-state index contributed by atoms with van der Waals surface area (Å²) in [5.41, 5.74) is 7.53. The molecule has 106 valence electrons. The van der Waals surface area contributed by atoms with Crippen molar-refractivity contribution in [2.75, 3.05) is 7.11 Å². The molecule has 0 aromatic heterocycles. The zero-order valence-corrected chi connectivity index (χ0v) is 12.6. The lowest BCUT2D eigenvalue weighted by Crippen LogP contribution is -2.34. The highest BCUT2D eigenvalue weighted by atomic mass is 35.5. The quantitative estimate of drug-likeness (QED) is 0.890. The summed E-state index contributed by atoms with van der Waals surface area (Å²) in [5, 5.41) is 0.764. The number of nitrogens with two attached hydrogens (primary N) is 1. The van der Waals surface area contributed by atoms with E-state index < -0.39 is 0 Å². The van der Waals surface area contributed by atoms with E-state index in [0.29, 0.717) is 5.92 Å². The van der Waals surface area contributed by atoms with Gasteiger partial charge in [-0.15, -0.1) is 0 Å². The van der Waals surface area contributed by atoms with Crippen LogP contribution in [-0.4, -0.2) is 13.2 Å². The maximum absolute atomic E-state index is 6.34. The molecule has 0 spiro atoms. The second-order valence-corrected chi connectivity index (χ2v) is 6.06. The summed E-state index contributed by atoms with van der Waals surface area (Å²) >= 11 is 6.14. The molecule has 0 radical (unpaired) electrons. The number of ether oxygens (including phenoxy) is 1. The smallest absolute Gasteiger partial charge is 0.122 e. The number of halogens is 1. The Morgan fingerprint density at radius 1 is 1.37 bits per heavy atom. The van der Waals surface area contributed by atoms with Gasteiger partial charge in [0, 0.05) is 22.5 Å². The van der Waals surface area contributed by atoms with Crippen molar-refractivity contribution in [2.24, 2.45) is 11.7 Å². The molecule has 0 aliphatic heterocycles. The number of benzene rings is 1. The Hall–Kier alpha value is -0.730. The van der Waals surface area contributed by atoms with Crippen molar-refractivity contribution in [3.05, 3.63) is 28.8 Å². The summed E-state index contributed by atoms with van der Waals surface area (Å²) in [6, 6.07) is 6.08. The van der Waals surface area contributed by atoms with Crippen molar-refractivity contribution in [2.45, 2.75) is 51.0 Å². The van der Waals surface area contributed by atoms with Crippen LogP contribution in [0.3, 0.4) is 0 Å². The fourth-order valence-electron chi connectivity index (χ4n) is 3.30. The Labute approximate surface area is 121 Å². The number of hydrogen-bond acceptors (Lipinski definition) is 2. The van der Waals surface area contributed by atoms with E-state index >= 15 is 0 Å². The summed E-state index contributed by atoms with van der Waals surface area (Å²) in [6.07, 6.45) is 6.07. The van der Waals surface area contributed by atoms with Gasteiger partial charge in [0.05, 0.1) is 7.11 Å². The van der Waals surface area contributed by atoms with Crippen LogP contribution in [0.5, 0.6) is 5.75 Å². The minimum atomic E-state index is 0.223. The molecule has 3 atom stereocenters. The van der Waals surface area contributed by atoms with Crippen molar-refractivity contribution in [1.29, 1.82) is 0 Å². The summed E-state index contributed by atoms with van der Waals surface area (Å²) < 4.78 is 5.48. The fraction of sp³-hybridized carbons (Fsp3) is 0.625. The van der Waals surface area contributed by atoms with Gasteiger partial charge >= 0.3 is 0 Å². The second kappa shape index (κ2) is 6.62. The van der Waals surface area contributed by atoms with E-state index in [1.807, 2.05) is 18.2 Å². The van der Waals surface area contributed by atoms with Crippen molar-refractivity contribution in [1.82, 2.24) is 0 Å². The molecule has 3 unspecified atom stereocenters. The van der Waals surface area contributed by atoms with E-state index in [4.69, 9.17) is 22.1 Å². The van der Waals surface area contributed by atoms with Crippen molar-refractivity contribution in [3.8, 4) is 5.75 Å². The van der Waals surface area contributed by atoms with Crippen LogP contribution in [0.4, 0.5) is 0 Å². The Morgan fingerprint density at radius 2 is 2.16 bits per heavy atom. The first-order chi connectivity index (χ1) is 9.15. The van der Waals surface area contributed by atoms with Crippen LogP contribution in [0.2, 0.25) is 5.02 Å². The van der Waals surface area contributed by atoms with Crippen LogP contribution in [0, 0.1) is 5.92 Å². The van der Waals surface area contributed by atoms with Crippen LogP contribution in [0.1, 0.15) is 50.5 Å². The van der Waals surface area contributed by atoms with Crippen LogP contribution in [0.15, 0.2) is 18.2 Å². The molecule has 2 N–H and O–H groups in total. The molecule has 3 heteroatoms. The standard InChI is InChI=1S/C16H24ClNO/c1-3-4-11-5-7-15(18)13(9-11)14-10-12(17)6-8-16(14)19-2/h6,8,10-11,13,15H,3-5,7,9,18H2,1-2H3. The van der Waals surface area contributed by atoms with Crippen molar-refractivity contribution in [3.63, 3.8) is 0 Å². The zero-order chi connectivity index (χ0) is 13.8. The van der Waals surface area contributed by atoms with Gasteiger partial charge in [0.2, 0.25) is 0 Å². The zero-order valence-electron chi connectivity index (χ0n) is 11.9. The van der Waals surface area contributed by atoms with Crippen molar-refractivity contribution >= 4 is 11.6 Å². The monoisotopic (exact) mass is 281 g/mol. The molecule has 1 aromatic rings. The fourth-order valence-corrected chi connectivity index (χ4v) is 3.48.